The van der Waals surface area contributed by atoms with Gasteiger partial charge in [0, 0.05) is 5.92 Å². The van der Waals surface area contributed by atoms with Crippen LogP contribution in [0.5, 0.6) is 0 Å². The molecule has 0 fully saturated rings. The summed E-state index contributed by atoms with van der Waals surface area (Å²) in [7, 11) is 0. The molecule has 3 aromatic rings. The van der Waals surface area contributed by atoms with Gasteiger partial charge in [0.1, 0.15) is 24.4 Å². The van der Waals surface area contributed by atoms with Crippen LogP contribution in [-0.4, -0.2) is 48.7 Å². The highest BCUT2D eigenvalue weighted by atomic mass is 16.6. The second kappa shape index (κ2) is 16.6. The number of ether oxygens (including phenoxy) is 3. The third kappa shape index (κ3) is 9.67. The fourth-order valence-corrected chi connectivity index (χ4v) is 5.69. The molecule has 3 atom stereocenters. The Balaban J connectivity index is 1.40. The molecule has 0 saturated carbocycles. The van der Waals surface area contributed by atoms with E-state index >= 15 is 0 Å². The molecule has 9 nitrogen and oxygen atoms in total. The van der Waals surface area contributed by atoms with E-state index < -0.39 is 47.6 Å². The summed E-state index contributed by atoms with van der Waals surface area (Å²) in [6, 6.07) is 23.9. The summed E-state index contributed by atoms with van der Waals surface area (Å²) in [5.41, 5.74) is 4.31. The summed E-state index contributed by atoms with van der Waals surface area (Å²) in [6.45, 7) is 12.7. The Labute approximate surface area is 282 Å². The minimum Gasteiger partial charge on any atom is -0.460 e. The molecule has 4 rings (SSSR count). The molecule has 0 aromatic heterocycles. The molecule has 0 heterocycles. The van der Waals surface area contributed by atoms with Crippen molar-refractivity contribution in [1.82, 2.24) is 10.6 Å². The largest absolute Gasteiger partial charge is 0.460 e. The topological polar surface area (TPSA) is 120 Å². The first-order valence-corrected chi connectivity index (χ1v) is 16.1. The highest BCUT2D eigenvalue weighted by Gasteiger charge is 2.31. The summed E-state index contributed by atoms with van der Waals surface area (Å²) < 4.78 is 16.9. The number of hydrogen-bond acceptors (Lipinski definition) is 7. The van der Waals surface area contributed by atoms with Crippen LogP contribution in [0.4, 0.5) is 4.79 Å². The van der Waals surface area contributed by atoms with Crippen LogP contribution in [0.25, 0.3) is 11.1 Å². The van der Waals surface area contributed by atoms with Crippen LogP contribution in [0, 0.1) is 5.92 Å². The summed E-state index contributed by atoms with van der Waals surface area (Å²) in [5, 5.41) is 5.44. The number of allylic oxidation sites excluding steroid dienone is 1. The van der Waals surface area contributed by atoms with Crippen LogP contribution >= 0.6 is 0 Å². The van der Waals surface area contributed by atoms with Crippen molar-refractivity contribution in [3.8, 4) is 11.1 Å². The first-order valence-electron chi connectivity index (χ1n) is 16.1. The molecule has 0 bridgehead atoms. The van der Waals surface area contributed by atoms with Crippen LogP contribution in [0.3, 0.4) is 0 Å². The van der Waals surface area contributed by atoms with Crippen molar-refractivity contribution in [1.29, 1.82) is 0 Å². The normalized spacial score (nSPS) is 13.9. The molecule has 2 N–H and O–H groups in total. The van der Waals surface area contributed by atoms with Gasteiger partial charge in [-0.1, -0.05) is 91.0 Å². The van der Waals surface area contributed by atoms with Gasteiger partial charge in [0.25, 0.3) is 0 Å². The molecule has 0 spiro atoms. The van der Waals surface area contributed by atoms with E-state index in [1.54, 1.807) is 51.1 Å². The zero-order valence-electron chi connectivity index (χ0n) is 27.8. The molecule has 252 valence electrons. The van der Waals surface area contributed by atoms with E-state index in [-0.39, 0.29) is 38.3 Å². The molecule has 9 heteroatoms. The summed E-state index contributed by atoms with van der Waals surface area (Å²) >= 11 is 0. The Bertz CT molecular complexity index is 1570. The summed E-state index contributed by atoms with van der Waals surface area (Å²) in [6.07, 6.45) is 1.64. The Hall–Kier alpha value is -5.18. The van der Waals surface area contributed by atoms with Gasteiger partial charge in [-0.05, 0) is 61.4 Å². The predicted molar refractivity (Wildman–Crippen MR) is 184 cm³/mol. The molecule has 0 unspecified atom stereocenters. The van der Waals surface area contributed by atoms with E-state index in [0.29, 0.717) is 5.56 Å². The Kier molecular flexibility index (Phi) is 12.3. The number of benzene rings is 3. The monoisotopic (exact) mass is 652 g/mol. The molecular formula is C39H44N2O7. The fourth-order valence-electron chi connectivity index (χ4n) is 5.69. The van der Waals surface area contributed by atoms with Gasteiger partial charge in [0.15, 0.2) is 0 Å². The average molecular weight is 653 g/mol. The zero-order chi connectivity index (χ0) is 34.7. The lowest BCUT2D eigenvalue weighted by Gasteiger charge is -2.24. The lowest BCUT2D eigenvalue weighted by Crippen LogP contribution is -2.43. The van der Waals surface area contributed by atoms with Gasteiger partial charge in [-0.2, -0.15) is 0 Å². The van der Waals surface area contributed by atoms with Crippen molar-refractivity contribution in [2.45, 2.75) is 63.7 Å². The smallest absolute Gasteiger partial charge is 0.407 e. The van der Waals surface area contributed by atoms with E-state index in [9.17, 15) is 19.2 Å². The van der Waals surface area contributed by atoms with Crippen LogP contribution < -0.4 is 10.6 Å². The lowest BCUT2D eigenvalue weighted by atomic mass is 9.98. The van der Waals surface area contributed by atoms with Gasteiger partial charge in [-0.25, -0.2) is 9.59 Å². The second-order valence-electron chi connectivity index (χ2n) is 12.6. The van der Waals surface area contributed by atoms with E-state index in [1.807, 2.05) is 42.5 Å². The number of esters is 2. The van der Waals surface area contributed by atoms with Crippen molar-refractivity contribution in [3.05, 3.63) is 121 Å². The van der Waals surface area contributed by atoms with Crippen molar-refractivity contribution < 1.29 is 33.4 Å². The van der Waals surface area contributed by atoms with Gasteiger partial charge < -0.3 is 24.8 Å². The molecule has 48 heavy (non-hydrogen) atoms. The number of carbonyl (C=O) groups excluding carboxylic acids is 4. The molecule has 0 saturated heterocycles. The maximum atomic E-state index is 13.5. The Morgan fingerprint density at radius 1 is 0.833 bits per heavy atom. The van der Waals surface area contributed by atoms with Gasteiger partial charge in [-0.3, -0.25) is 9.59 Å². The van der Waals surface area contributed by atoms with Crippen molar-refractivity contribution >= 4 is 23.9 Å². The van der Waals surface area contributed by atoms with Gasteiger partial charge in [0.2, 0.25) is 5.91 Å². The zero-order valence-corrected chi connectivity index (χ0v) is 27.8. The number of nitrogens with one attached hydrogen (secondary N) is 2. The molecule has 0 radical (unpaired) electrons. The number of fused-ring (bicyclic) bond motifs is 3. The maximum Gasteiger partial charge on any atom is 0.407 e. The SMILES string of the molecule is C=CC[C@@H](CC(=O)OC(C)(C)C)C(=O)NC[C@H](OC(=O)[C@H](CC=C)NC(=O)OCC1c2ccccc2-c2ccccc21)c1ccccc1. The maximum absolute atomic E-state index is 13.5. The molecule has 2 amide bonds. The summed E-state index contributed by atoms with van der Waals surface area (Å²) in [4.78, 5) is 52.1. The standard InChI is InChI=1S/C39H44N2O7/c1-6-15-27(23-35(42)48-39(3,4)5)36(43)40-24-34(26-17-9-8-10-18-26)47-37(44)33(16-7-2)41-38(45)46-25-32-30-21-13-11-19-28(30)29-20-12-14-22-31(29)32/h6-14,17-22,27,32-34H,1-2,15-16,23-25H2,3-5H3,(H,40,43)(H,41,45)/t27-,33-,34-/m0/s1. The number of amides is 2. The van der Waals surface area contributed by atoms with Crippen LogP contribution in [-0.2, 0) is 28.6 Å². The Morgan fingerprint density at radius 2 is 1.42 bits per heavy atom. The Morgan fingerprint density at radius 3 is 2.00 bits per heavy atom. The number of hydrogen-bond donors (Lipinski definition) is 2. The van der Waals surface area contributed by atoms with Gasteiger partial charge in [0.05, 0.1) is 18.9 Å². The van der Waals surface area contributed by atoms with E-state index in [1.165, 1.54) is 6.08 Å². The lowest BCUT2D eigenvalue weighted by molar-refractivity contribution is -0.157. The third-order valence-corrected chi connectivity index (χ3v) is 7.87. The quantitative estimate of drug-likeness (QED) is 0.105. The van der Waals surface area contributed by atoms with E-state index in [0.717, 1.165) is 22.3 Å². The fraction of sp³-hybridized carbons (Fsp3) is 0.333. The highest BCUT2D eigenvalue weighted by molar-refractivity contribution is 5.84. The third-order valence-electron chi connectivity index (χ3n) is 7.87. The van der Waals surface area contributed by atoms with Crippen molar-refractivity contribution in [2.75, 3.05) is 13.2 Å². The molecule has 1 aliphatic rings. The minimum atomic E-state index is -1.08. The van der Waals surface area contributed by atoms with Crippen LogP contribution in [0.15, 0.2) is 104 Å². The second-order valence-corrected chi connectivity index (χ2v) is 12.6. The number of alkyl carbamates (subject to hydrolysis) is 1. The predicted octanol–water partition coefficient (Wildman–Crippen LogP) is 6.79. The van der Waals surface area contributed by atoms with Crippen LogP contribution in [0.1, 0.15) is 68.7 Å². The van der Waals surface area contributed by atoms with Gasteiger partial charge in [-0.15, -0.1) is 13.2 Å². The van der Waals surface area contributed by atoms with Gasteiger partial charge >= 0.3 is 18.0 Å². The van der Waals surface area contributed by atoms with Crippen LogP contribution in [0.2, 0.25) is 0 Å². The average Bonchev–Trinajstić information content (AvgIpc) is 3.38. The van der Waals surface area contributed by atoms with E-state index in [4.69, 9.17) is 14.2 Å². The summed E-state index contributed by atoms with van der Waals surface area (Å²) in [5.74, 6) is -2.48. The molecule has 0 aliphatic heterocycles. The molecule has 1 aliphatic carbocycles. The minimum absolute atomic E-state index is 0.0672. The first kappa shape index (κ1) is 35.7. The molecule has 3 aromatic carbocycles. The van der Waals surface area contributed by atoms with E-state index in [2.05, 4.69) is 35.9 Å². The molecular weight excluding hydrogens is 608 g/mol. The van der Waals surface area contributed by atoms with Crippen molar-refractivity contribution in [2.24, 2.45) is 5.92 Å². The highest BCUT2D eigenvalue weighted by Crippen LogP contribution is 2.44. The first-order chi connectivity index (χ1) is 23.0. The number of carbonyl (C=O) groups is 4. The van der Waals surface area contributed by atoms with Crippen molar-refractivity contribution in [3.63, 3.8) is 0 Å². The number of rotatable bonds is 15.